The zero-order valence-corrected chi connectivity index (χ0v) is 13.2. The normalized spacial score (nSPS) is 10.3. The van der Waals surface area contributed by atoms with Crippen LogP contribution in [0.1, 0.15) is 17.5 Å². The highest BCUT2D eigenvalue weighted by atomic mass is 16.5. The Morgan fingerprint density at radius 2 is 1.87 bits per heavy atom. The molecule has 0 atom stereocenters. The van der Waals surface area contributed by atoms with Crippen LogP contribution in [0.25, 0.3) is 0 Å². The Labute approximate surface area is 136 Å². The van der Waals surface area contributed by atoms with Gasteiger partial charge in [0.1, 0.15) is 0 Å². The zero-order chi connectivity index (χ0) is 16.5. The van der Waals surface area contributed by atoms with Crippen LogP contribution in [-0.2, 0) is 17.9 Å². The Morgan fingerprint density at radius 3 is 2.57 bits per heavy atom. The molecule has 0 aromatic heterocycles. The summed E-state index contributed by atoms with van der Waals surface area (Å²) in [4.78, 5) is 11.8. The van der Waals surface area contributed by atoms with Crippen LogP contribution in [0.15, 0.2) is 48.5 Å². The average Bonchev–Trinajstić information content (AvgIpc) is 2.58. The minimum absolute atomic E-state index is 0.0129. The molecular weight excluding hydrogens is 292 g/mol. The van der Waals surface area contributed by atoms with E-state index in [1.165, 1.54) is 7.11 Å². The van der Waals surface area contributed by atoms with E-state index in [0.717, 1.165) is 11.1 Å². The smallest absolute Gasteiger partial charge is 0.221 e. The van der Waals surface area contributed by atoms with E-state index >= 15 is 0 Å². The van der Waals surface area contributed by atoms with Gasteiger partial charge in [-0.25, -0.2) is 0 Å². The molecule has 0 aliphatic carbocycles. The summed E-state index contributed by atoms with van der Waals surface area (Å²) < 4.78 is 5.00. The van der Waals surface area contributed by atoms with E-state index in [4.69, 9.17) is 4.74 Å². The number of phenolic OH excluding ortho intramolecular Hbond substituents is 1. The third kappa shape index (κ3) is 5.64. The summed E-state index contributed by atoms with van der Waals surface area (Å²) in [5.74, 6) is 0.584. The van der Waals surface area contributed by atoms with Crippen molar-refractivity contribution in [3.63, 3.8) is 0 Å². The minimum atomic E-state index is 0.0129. The Bertz CT molecular complexity index is 629. The van der Waals surface area contributed by atoms with Gasteiger partial charge in [-0.15, -0.1) is 0 Å². The lowest BCUT2D eigenvalue weighted by atomic mass is 10.2. The summed E-state index contributed by atoms with van der Waals surface area (Å²) in [6.45, 7) is 1.71. The third-order valence-corrected chi connectivity index (χ3v) is 3.43. The Hall–Kier alpha value is -2.53. The maximum absolute atomic E-state index is 11.8. The first-order valence-electron chi connectivity index (χ1n) is 7.56. The lowest BCUT2D eigenvalue weighted by Gasteiger charge is -2.08. The standard InChI is InChI=1S/C18H22N2O3/c1-23-17-8-7-15(11-16(17)21)12-19-10-9-18(22)20-13-14-5-3-2-4-6-14/h2-8,11,19,21H,9-10,12-13H2,1H3,(H,20,22). The molecule has 2 rings (SSSR count). The van der Waals surface area contributed by atoms with Crippen LogP contribution in [0.5, 0.6) is 11.5 Å². The summed E-state index contributed by atoms with van der Waals surface area (Å²) in [5, 5.41) is 15.8. The molecule has 5 nitrogen and oxygen atoms in total. The van der Waals surface area contributed by atoms with Gasteiger partial charge in [-0.2, -0.15) is 0 Å². The maximum atomic E-state index is 11.8. The molecule has 2 aromatic carbocycles. The highest BCUT2D eigenvalue weighted by molar-refractivity contribution is 5.76. The second-order valence-electron chi connectivity index (χ2n) is 5.20. The molecule has 0 radical (unpaired) electrons. The second-order valence-corrected chi connectivity index (χ2v) is 5.20. The van der Waals surface area contributed by atoms with E-state index in [1.54, 1.807) is 12.1 Å². The van der Waals surface area contributed by atoms with Crippen molar-refractivity contribution in [2.24, 2.45) is 0 Å². The van der Waals surface area contributed by atoms with Crippen LogP contribution < -0.4 is 15.4 Å². The average molecular weight is 314 g/mol. The van der Waals surface area contributed by atoms with Crippen LogP contribution >= 0.6 is 0 Å². The van der Waals surface area contributed by atoms with Gasteiger partial charge in [0.05, 0.1) is 7.11 Å². The fraction of sp³-hybridized carbons (Fsp3) is 0.278. The van der Waals surface area contributed by atoms with Crippen molar-refractivity contribution in [3.8, 4) is 11.5 Å². The number of aromatic hydroxyl groups is 1. The van der Waals surface area contributed by atoms with E-state index in [2.05, 4.69) is 10.6 Å². The number of phenols is 1. The summed E-state index contributed by atoms with van der Waals surface area (Å²) >= 11 is 0. The van der Waals surface area contributed by atoms with Gasteiger partial charge >= 0.3 is 0 Å². The molecule has 0 spiro atoms. The molecule has 0 aliphatic heterocycles. The van der Waals surface area contributed by atoms with Gasteiger partial charge in [0.15, 0.2) is 11.5 Å². The Kier molecular flexibility index (Phi) is 6.44. The molecule has 0 unspecified atom stereocenters. The molecule has 23 heavy (non-hydrogen) atoms. The molecular formula is C18H22N2O3. The number of carbonyl (C=O) groups is 1. The molecule has 122 valence electrons. The number of ether oxygens (including phenoxy) is 1. The number of hydrogen-bond donors (Lipinski definition) is 3. The van der Waals surface area contributed by atoms with Crippen LogP contribution in [0, 0.1) is 0 Å². The lowest BCUT2D eigenvalue weighted by molar-refractivity contribution is -0.121. The summed E-state index contributed by atoms with van der Waals surface area (Å²) in [7, 11) is 1.51. The SMILES string of the molecule is COc1ccc(CNCCC(=O)NCc2ccccc2)cc1O. The lowest BCUT2D eigenvalue weighted by Crippen LogP contribution is -2.27. The largest absolute Gasteiger partial charge is 0.504 e. The van der Waals surface area contributed by atoms with Crippen LogP contribution in [-0.4, -0.2) is 24.7 Å². The van der Waals surface area contributed by atoms with Crippen LogP contribution in [0.2, 0.25) is 0 Å². The number of rotatable bonds is 8. The van der Waals surface area contributed by atoms with Crippen molar-refractivity contribution < 1.29 is 14.6 Å². The van der Waals surface area contributed by atoms with Gasteiger partial charge in [-0.1, -0.05) is 36.4 Å². The van der Waals surface area contributed by atoms with Gasteiger partial charge in [0.2, 0.25) is 5.91 Å². The molecule has 5 heteroatoms. The van der Waals surface area contributed by atoms with Crippen molar-refractivity contribution >= 4 is 5.91 Å². The fourth-order valence-corrected chi connectivity index (χ4v) is 2.17. The van der Waals surface area contributed by atoms with Crippen molar-refractivity contribution in [2.45, 2.75) is 19.5 Å². The van der Waals surface area contributed by atoms with Crippen molar-refractivity contribution in [3.05, 3.63) is 59.7 Å². The van der Waals surface area contributed by atoms with Gasteiger partial charge in [-0.05, 0) is 23.3 Å². The molecule has 3 N–H and O–H groups in total. The highest BCUT2D eigenvalue weighted by Crippen LogP contribution is 2.25. The molecule has 1 amide bonds. The highest BCUT2D eigenvalue weighted by Gasteiger charge is 2.03. The molecule has 0 aliphatic rings. The minimum Gasteiger partial charge on any atom is -0.504 e. The first kappa shape index (κ1) is 16.8. The predicted octanol–water partition coefficient (Wildman–Crippen LogP) is 2.20. The third-order valence-electron chi connectivity index (χ3n) is 3.43. The van der Waals surface area contributed by atoms with Crippen molar-refractivity contribution in [1.29, 1.82) is 0 Å². The molecule has 2 aromatic rings. The fourth-order valence-electron chi connectivity index (χ4n) is 2.17. The van der Waals surface area contributed by atoms with Gasteiger partial charge < -0.3 is 20.5 Å². The first-order valence-corrected chi connectivity index (χ1v) is 7.56. The number of carbonyl (C=O) groups excluding carboxylic acids is 1. The monoisotopic (exact) mass is 314 g/mol. The van der Waals surface area contributed by atoms with Gasteiger partial charge in [0, 0.05) is 26.1 Å². The topological polar surface area (TPSA) is 70.6 Å². The van der Waals surface area contributed by atoms with E-state index in [0.29, 0.717) is 31.8 Å². The molecule has 0 heterocycles. The number of nitrogens with one attached hydrogen (secondary N) is 2. The Balaban J connectivity index is 1.65. The summed E-state index contributed by atoms with van der Waals surface area (Å²) in [6.07, 6.45) is 0.412. The summed E-state index contributed by atoms with van der Waals surface area (Å²) in [6, 6.07) is 15.1. The van der Waals surface area contributed by atoms with E-state index < -0.39 is 0 Å². The number of hydrogen-bond acceptors (Lipinski definition) is 4. The molecule has 0 saturated carbocycles. The van der Waals surface area contributed by atoms with Crippen LogP contribution in [0.4, 0.5) is 0 Å². The first-order chi connectivity index (χ1) is 11.2. The molecule has 0 fully saturated rings. The van der Waals surface area contributed by atoms with Crippen molar-refractivity contribution in [1.82, 2.24) is 10.6 Å². The van der Waals surface area contributed by atoms with Gasteiger partial charge in [-0.3, -0.25) is 4.79 Å². The zero-order valence-electron chi connectivity index (χ0n) is 13.2. The second kappa shape index (κ2) is 8.80. The molecule has 0 saturated heterocycles. The maximum Gasteiger partial charge on any atom is 0.221 e. The predicted molar refractivity (Wildman–Crippen MR) is 89.3 cm³/mol. The number of benzene rings is 2. The van der Waals surface area contributed by atoms with E-state index in [-0.39, 0.29) is 11.7 Å². The van der Waals surface area contributed by atoms with Crippen molar-refractivity contribution in [2.75, 3.05) is 13.7 Å². The quantitative estimate of drug-likeness (QED) is 0.653. The Morgan fingerprint density at radius 1 is 1.09 bits per heavy atom. The van der Waals surface area contributed by atoms with Crippen LogP contribution in [0.3, 0.4) is 0 Å². The van der Waals surface area contributed by atoms with E-state index in [9.17, 15) is 9.90 Å². The molecule has 0 bridgehead atoms. The number of methoxy groups -OCH3 is 1. The van der Waals surface area contributed by atoms with E-state index in [1.807, 2.05) is 36.4 Å². The van der Waals surface area contributed by atoms with Gasteiger partial charge in [0.25, 0.3) is 0 Å². The number of amides is 1. The summed E-state index contributed by atoms with van der Waals surface area (Å²) in [5.41, 5.74) is 2.02.